The van der Waals surface area contributed by atoms with E-state index in [1.807, 2.05) is 6.92 Å². The molecule has 2 aliphatic rings. The molecule has 0 unspecified atom stereocenters. The lowest BCUT2D eigenvalue weighted by molar-refractivity contribution is -0.129. The molecule has 1 aromatic carbocycles. The second-order valence-electron chi connectivity index (χ2n) is 6.93. The Bertz CT molecular complexity index is 569. The summed E-state index contributed by atoms with van der Waals surface area (Å²) in [4.78, 5) is 12.6. The molecule has 3 rings (SSSR count). The van der Waals surface area contributed by atoms with Crippen molar-refractivity contribution in [2.75, 3.05) is 32.9 Å². The number of carbonyl (C=O) groups excluding carboxylic acids is 1. The standard InChI is InChI=1S/C19H28N2O3/c1-14-5-3-4-6-16(14)19(7-10-23-11-8-19)13-21-18(22)17-15(2)24-12-9-20-17/h3-6,15,17,20H,7-13H2,1-2H3,(H,21,22)/t15-,17+/m1/s1. The molecule has 0 radical (unpaired) electrons. The van der Waals surface area contributed by atoms with Crippen LogP contribution in [0.25, 0.3) is 0 Å². The summed E-state index contributed by atoms with van der Waals surface area (Å²) >= 11 is 0. The van der Waals surface area contributed by atoms with E-state index in [4.69, 9.17) is 9.47 Å². The van der Waals surface area contributed by atoms with E-state index >= 15 is 0 Å². The van der Waals surface area contributed by atoms with E-state index < -0.39 is 0 Å². The molecule has 0 aliphatic carbocycles. The highest BCUT2D eigenvalue weighted by atomic mass is 16.5. The van der Waals surface area contributed by atoms with Crippen LogP contribution in [-0.2, 0) is 19.7 Å². The van der Waals surface area contributed by atoms with Crippen LogP contribution < -0.4 is 10.6 Å². The maximum absolute atomic E-state index is 12.6. The highest BCUT2D eigenvalue weighted by molar-refractivity contribution is 5.82. The van der Waals surface area contributed by atoms with Crippen molar-refractivity contribution in [1.82, 2.24) is 10.6 Å². The van der Waals surface area contributed by atoms with Crippen molar-refractivity contribution in [2.45, 2.75) is 44.2 Å². The molecule has 2 fully saturated rings. The average molecular weight is 332 g/mol. The summed E-state index contributed by atoms with van der Waals surface area (Å²) in [5.74, 6) is 0.0293. The van der Waals surface area contributed by atoms with Crippen molar-refractivity contribution in [3.05, 3.63) is 35.4 Å². The fraction of sp³-hybridized carbons (Fsp3) is 0.632. The van der Waals surface area contributed by atoms with Gasteiger partial charge in [-0.25, -0.2) is 0 Å². The third-order valence-corrected chi connectivity index (χ3v) is 5.37. The van der Waals surface area contributed by atoms with Crippen LogP contribution in [0.1, 0.15) is 30.9 Å². The molecular weight excluding hydrogens is 304 g/mol. The van der Waals surface area contributed by atoms with Gasteiger partial charge in [-0.15, -0.1) is 0 Å². The lowest BCUT2D eigenvalue weighted by Gasteiger charge is -2.39. The minimum Gasteiger partial charge on any atom is -0.381 e. The van der Waals surface area contributed by atoms with Gasteiger partial charge >= 0.3 is 0 Å². The number of nitrogens with one attached hydrogen (secondary N) is 2. The van der Waals surface area contributed by atoms with Crippen molar-refractivity contribution in [3.8, 4) is 0 Å². The predicted molar refractivity (Wildman–Crippen MR) is 93.1 cm³/mol. The van der Waals surface area contributed by atoms with Gasteiger partial charge in [0.2, 0.25) is 5.91 Å². The summed E-state index contributed by atoms with van der Waals surface area (Å²) in [5, 5.41) is 6.44. The number of rotatable bonds is 4. The molecule has 2 saturated heterocycles. The zero-order valence-electron chi connectivity index (χ0n) is 14.6. The quantitative estimate of drug-likeness (QED) is 0.878. The van der Waals surface area contributed by atoms with Crippen LogP contribution in [-0.4, -0.2) is 51.0 Å². The Morgan fingerprint density at radius 1 is 1.29 bits per heavy atom. The van der Waals surface area contributed by atoms with E-state index in [0.29, 0.717) is 13.2 Å². The molecule has 132 valence electrons. The van der Waals surface area contributed by atoms with E-state index in [0.717, 1.165) is 32.6 Å². The van der Waals surface area contributed by atoms with Gasteiger partial charge in [-0.2, -0.15) is 0 Å². The van der Waals surface area contributed by atoms with Gasteiger partial charge in [0, 0.05) is 31.7 Å². The first kappa shape index (κ1) is 17.4. The van der Waals surface area contributed by atoms with E-state index in [1.165, 1.54) is 11.1 Å². The van der Waals surface area contributed by atoms with Gasteiger partial charge in [0.15, 0.2) is 0 Å². The number of amides is 1. The Balaban J connectivity index is 1.73. The second-order valence-corrected chi connectivity index (χ2v) is 6.93. The topological polar surface area (TPSA) is 59.6 Å². The van der Waals surface area contributed by atoms with Crippen LogP contribution in [0.15, 0.2) is 24.3 Å². The lowest BCUT2D eigenvalue weighted by Crippen LogP contribution is -2.57. The monoisotopic (exact) mass is 332 g/mol. The summed E-state index contributed by atoms with van der Waals surface area (Å²) in [5.41, 5.74) is 2.56. The zero-order chi connectivity index (χ0) is 17.0. The SMILES string of the molecule is Cc1ccccc1C1(CNC(=O)[C@H]2NCCO[C@@H]2C)CCOCC1. The predicted octanol–water partition coefficient (Wildman–Crippen LogP) is 1.54. The van der Waals surface area contributed by atoms with Crippen LogP contribution in [0.3, 0.4) is 0 Å². The Kier molecular flexibility index (Phi) is 5.54. The van der Waals surface area contributed by atoms with Crippen molar-refractivity contribution in [1.29, 1.82) is 0 Å². The average Bonchev–Trinajstić information content (AvgIpc) is 2.61. The summed E-state index contributed by atoms with van der Waals surface area (Å²) in [6, 6.07) is 8.22. The van der Waals surface area contributed by atoms with Gasteiger partial charge in [0.05, 0.1) is 12.7 Å². The molecule has 0 bridgehead atoms. The fourth-order valence-electron chi connectivity index (χ4n) is 3.86. The number of carbonyl (C=O) groups is 1. The molecule has 2 atom stereocenters. The fourth-order valence-corrected chi connectivity index (χ4v) is 3.86. The van der Waals surface area contributed by atoms with E-state index in [1.54, 1.807) is 0 Å². The largest absolute Gasteiger partial charge is 0.381 e. The molecule has 2 aliphatic heterocycles. The van der Waals surface area contributed by atoms with Gasteiger partial charge in [-0.3, -0.25) is 4.79 Å². The van der Waals surface area contributed by atoms with Gasteiger partial charge < -0.3 is 20.1 Å². The van der Waals surface area contributed by atoms with Crippen LogP contribution in [0, 0.1) is 6.92 Å². The van der Waals surface area contributed by atoms with Crippen molar-refractivity contribution >= 4 is 5.91 Å². The number of morpholine rings is 1. The maximum atomic E-state index is 12.6. The molecule has 2 heterocycles. The van der Waals surface area contributed by atoms with Crippen LogP contribution in [0.5, 0.6) is 0 Å². The molecule has 1 amide bonds. The maximum Gasteiger partial charge on any atom is 0.239 e. The van der Waals surface area contributed by atoms with Crippen molar-refractivity contribution in [2.24, 2.45) is 0 Å². The smallest absolute Gasteiger partial charge is 0.239 e. The minimum absolute atomic E-state index is 0.0293. The molecular formula is C19H28N2O3. The number of ether oxygens (including phenoxy) is 2. The summed E-state index contributed by atoms with van der Waals surface area (Å²) < 4.78 is 11.2. The first-order valence-electron chi connectivity index (χ1n) is 8.89. The third kappa shape index (κ3) is 3.63. The van der Waals surface area contributed by atoms with Crippen molar-refractivity contribution in [3.63, 3.8) is 0 Å². The van der Waals surface area contributed by atoms with Gasteiger partial charge in [-0.05, 0) is 37.8 Å². The van der Waals surface area contributed by atoms with Crippen molar-refractivity contribution < 1.29 is 14.3 Å². The number of benzene rings is 1. The molecule has 5 nitrogen and oxygen atoms in total. The number of hydrogen-bond donors (Lipinski definition) is 2. The summed E-state index contributed by atoms with van der Waals surface area (Å²) in [6.45, 7) is 7.60. The number of aryl methyl sites for hydroxylation is 1. The summed E-state index contributed by atoms with van der Waals surface area (Å²) in [6.07, 6.45) is 1.77. The van der Waals surface area contributed by atoms with E-state index in [-0.39, 0.29) is 23.5 Å². The first-order valence-corrected chi connectivity index (χ1v) is 8.89. The molecule has 0 saturated carbocycles. The lowest BCUT2D eigenvalue weighted by atomic mass is 9.72. The van der Waals surface area contributed by atoms with E-state index in [9.17, 15) is 4.79 Å². The Morgan fingerprint density at radius 2 is 2.04 bits per heavy atom. The van der Waals surface area contributed by atoms with Gasteiger partial charge in [-0.1, -0.05) is 24.3 Å². The summed E-state index contributed by atoms with van der Waals surface area (Å²) in [7, 11) is 0. The Morgan fingerprint density at radius 3 is 2.75 bits per heavy atom. The first-order chi connectivity index (χ1) is 11.6. The molecule has 2 N–H and O–H groups in total. The molecule has 5 heteroatoms. The van der Waals surface area contributed by atoms with Crippen LogP contribution in [0.2, 0.25) is 0 Å². The highest BCUT2D eigenvalue weighted by Crippen LogP contribution is 2.36. The van der Waals surface area contributed by atoms with Crippen LogP contribution >= 0.6 is 0 Å². The Hall–Kier alpha value is -1.43. The van der Waals surface area contributed by atoms with Gasteiger partial charge in [0.25, 0.3) is 0 Å². The van der Waals surface area contributed by atoms with E-state index in [2.05, 4.69) is 41.8 Å². The molecule has 24 heavy (non-hydrogen) atoms. The molecule has 1 aromatic rings. The number of hydrogen-bond acceptors (Lipinski definition) is 4. The van der Waals surface area contributed by atoms with Gasteiger partial charge in [0.1, 0.15) is 6.04 Å². The highest BCUT2D eigenvalue weighted by Gasteiger charge is 2.37. The molecule has 0 spiro atoms. The Labute approximate surface area is 144 Å². The molecule has 0 aromatic heterocycles. The minimum atomic E-state index is -0.271. The normalized spacial score (nSPS) is 26.8. The van der Waals surface area contributed by atoms with Crippen LogP contribution in [0.4, 0.5) is 0 Å². The third-order valence-electron chi connectivity index (χ3n) is 5.37. The zero-order valence-corrected chi connectivity index (χ0v) is 14.6. The second kappa shape index (κ2) is 7.64.